The summed E-state index contributed by atoms with van der Waals surface area (Å²) in [6.07, 6.45) is 5.45. The van der Waals surface area contributed by atoms with Gasteiger partial charge in [-0.05, 0) is 36.8 Å². The fraction of sp³-hybridized carbons (Fsp3) is 0.333. The van der Waals surface area contributed by atoms with Crippen molar-refractivity contribution >= 4 is 5.95 Å². The van der Waals surface area contributed by atoms with Gasteiger partial charge in [0.2, 0.25) is 5.95 Å². The van der Waals surface area contributed by atoms with Crippen LogP contribution in [0.15, 0.2) is 30.3 Å². The summed E-state index contributed by atoms with van der Waals surface area (Å²) in [6.45, 7) is 0. The van der Waals surface area contributed by atoms with Gasteiger partial charge in [-0.25, -0.2) is 9.97 Å². The molecule has 1 aliphatic carbocycles. The molecule has 0 bridgehead atoms. The average molecular weight is 239 g/mol. The summed E-state index contributed by atoms with van der Waals surface area (Å²) < 4.78 is 0. The third kappa shape index (κ3) is 2.21. The van der Waals surface area contributed by atoms with E-state index in [9.17, 15) is 0 Å². The molecule has 18 heavy (non-hydrogen) atoms. The second-order valence-electron chi connectivity index (χ2n) is 4.82. The minimum absolute atomic E-state index is 0.418. The summed E-state index contributed by atoms with van der Waals surface area (Å²) in [6, 6.07) is 10.4. The molecule has 0 saturated heterocycles. The molecule has 0 radical (unpaired) electrons. The van der Waals surface area contributed by atoms with Crippen molar-refractivity contribution in [2.45, 2.75) is 32.1 Å². The highest BCUT2D eigenvalue weighted by molar-refractivity contribution is 5.36. The largest absolute Gasteiger partial charge is 0.368 e. The number of hydrogen-bond donors (Lipinski definition) is 1. The zero-order valence-electron chi connectivity index (χ0n) is 10.4. The molecule has 1 aromatic heterocycles. The van der Waals surface area contributed by atoms with Gasteiger partial charge >= 0.3 is 0 Å². The zero-order valence-corrected chi connectivity index (χ0v) is 10.4. The van der Waals surface area contributed by atoms with Gasteiger partial charge in [-0.2, -0.15) is 0 Å². The highest BCUT2D eigenvalue weighted by Crippen LogP contribution is 2.24. The molecular weight excluding hydrogens is 222 g/mol. The summed E-state index contributed by atoms with van der Waals surface area (Å²) in [5, 5.41) is 0. The number of fused-ring (bicyclic) bond motifs is 1. The molecule has 0 saturated carbocycles. The van der Waals surface area contributed by atoms with Crippen molar-refractivity contribution in [2.24, 2.45) is 0 Å². The smallest absolute Gasteiger partial charge is 0.220 e. The van der Waals surface area contributed by atoms with Crippen LogP contribution in [0.2, 0.25) is 0 Å². The van der Waals surface area contributed by atoms with E-state index in [1.165, 1.54) is 29.7 Å². The van der Waals surface area contributed by atoms with Crippen LogP contribution in [0, 0.1) is 0 Å². The Bertz CT molecular complexity index is 549. The van der Waals surface area contributed by atoms with E-state index in [0.29, 0.717) is 5.95 Å². The predicted octanol–water partition coefficient (Wildman–Crippen LogP) is 2.53. The van der Waals surface area contributed by atoms with Crippen molar-refractivity contribution in [1.29, 1.82) is 0 Å². The number of nitrogens with two attached hydrogens (primary N) is 1. The topological polar surface area (TPSA) is 51.8 Å². The summed E-state index contributed by atoms with van der Waals surface area (Å²) in [7, 11) is 0. The van der Waals surface area contributed by atoms with Gasteiger partial charge in [0, 0.05) is 12.1 Å². The van der Waals surface area contributed by atoms with E-state index < -0.39 is 0 Å². The highest BCUT2D eigenvalue weighted by Gasteiger charge is 2.16. The Morgan fingerprint density at radius 2 is 1.78 bits per heavy atom. The number of benzene rings is 1. The molecule has 92 valence electrons. The zero-order chi connectivity index (χ0) is 12.4. The van der Waals surface area contributed by atoms with Gasteiger partial charge in [-0.1, -0.05) is 30.3 Å². The summed E-state index contributed by atoms with van der Waals surface area (Å²) in [4.78, 5) is 8.83. The van der Waals surface area contributed by atoms with Crippen molar-refractivity contribution in [2.75, 3.05) is 5.73 Å². The Morgan fingerprint density at radius 3 is 2.61 bits per heavy atom. The van der Waals surface area contributed by atoms with Crippen LogP contribution in [-0.4, -0.2) is 9.97 Å². The number of rotatable bonds is 2. The number of aryl methyl sites for hydroxylation is 1. The Balaban J connectivity index is 1.98. The van der Waals surface area contributed by atoms with Crippen LogP contribution in [0.4, 0.5) is 5.95 Å². The van der Waals surface area contributed by atoms with Gasteiger partial charge in [0.15, 0.2) is 0 Å². The Hall–Kier alpha value is -1.90. The Morgan fingerprint density at radius 1 is 1.00 bits per heavy atom. The molecule has 0 unspecified atom stereocenters. The molecule has 1 aromatic carbocycles. The van der Waals surface area contributed by atoms with Crippen molar-refractivity contribution in [1.82, 2.24) is 9.97 Å². The van der Waals surface area contributed by atoms with E-state index in [2.05, 4.69) is 34.2 Å². The SMILES string of the molecule is Nc1nc2c(c(Cc3ccccc3)n1)CCCC2. The number of anilines is 1. The van der Waals surface area contributed by atoms with E-state index in [1.54, 1.807) is 0 Å². The van der Waals surface area contributed by atoms with Crippen molar-refractivity contribution in [3.63, 3.8) is 0 Å². The minimum Gasteiger partial charge on any atom is -0.368 e. The first-order chi connectivity index (χ1) is 8.83. The van der Waals surface area contributed by atoms with Crippen LogP contribution in [0.1, 0.15) is 35.4 Å². The molecule has 3 rings (SSSR count). The van der Waals surface area contributed by atoms with Gasteiger partial charge in [0.05, 0.1) is 5.69 Å². The average Bonchev–Trinajstić information content (AvgIpc) is 2.40. The molecule has 1 aliphatic rings. The maximum Gasteiger partial charge on any atom is 0.220 e. The van der Waals surface area contributed by atoms with E-state index in [-0.39, 0.29) is 0 Å². The van der Waals surface area contributed by atoms with Crippen LogP contribution in [0.5, 0.6) is 0 Å². The lowest BCUT2D eigenvalue weighted by atomic mass is 9.92. The monoisotopic (exact) mass is 239 g/mol. The van der Waals surface area contributed by atoms with Crippen molar-refractivity contribution in [3.05, 3.63) is 52.8 Å². The Kier molecular flexibility index (Phi) is 2.97. The Labute approximate surface area is 107 Å². The first kappa shape index (κ1) is 11.2. The lowest BCUT2D eigenvalue weighted by Gasteiger charge is -2.18. The van der Waals surface area contributed by atoms with Crippen LogP contribution in [0.3, 0.4) is 0 Å². The molecule has 3 heteroatoms. The first-order valence-corrected chi connectivity index (χ1v) is 6.51. The third-order valence-corrected chi connectivity index (χ3v) is 3.50. The van der Waals surface area contributed by atoms with Gasteiger partial charge in [-0.15, -0.1) is 0 Å². The third-order valence-electron chi connectivity index (χ3n) is 3.50. The molecule has 2 N–H and O–H groups in total. The summed E-state index contributed by atoms with van der Waals surface area (Å²) >= 11 is 0. The molecule has 0 fully saturated rings. The second kappa shape index (κ2) is 4.77. The van der Waals surface area contributed by atoms with Crippen LogP contribution < -0.4 is 5.73 Å². The lowest BCUT2D eigenvalue weighted by Crippen LogP contribution is -2.13. The molecule has 0 atom stereocenters. The number of hydrogen-bond acceptors (Lipinski definition) is 3. The quantitative estimate of drug-likeness (QED) is 0.876. The maximum atomic E-state index is 5.81. The molecule has 1 heterocycles. The number of nitrogens with zero attached hydrogens (tertiary/aromatic N) is 2. The van der Waals surface area contributed by atoms with Gasteiger partial charge in [-0.3, -0.25) is 0 Å². The molecule has 3 nitrogen and oxygen atoms in total. The molecule has 0 amide bonds. The molecule has 0 aliphatic heterocycles. The highest BCUT2D eigenvalue weighted by atomic mass is 15.0. The normalized spacial score (nSPS) is 14.2. The van der Waals surface area contributed by atoms with Gasteiger partial charge in [0.25, 0.3) is 0 Å². The molecule has 0 spiro atoms. The van der Waals surface area contributed by atoms with E-state index >= 15 is 0 Å². The first-order valence-electron chi connectivity index (χ1n) is 6.51. The minimum atomic E-state index is 0.418. The summed E-state index contributed by atoms with van der Waals surface area (Å²) in [5.74, 6) is 0.418. The fourth-order valence-electron chi connectivity index (χ4n) is 2.63. The standard InChI is InChI=1S/C15H17N3/c16-15-17-13-9-5-4-8-12(13)14(18-15)10-11-6-2-1-3-7-11/h1-3,6-7H,4-5,8-10H2,(H2,16,17,18). The van der Waals surface area contributed by atoms with Crippen molar-refractivity contribution in [3.8, 4) is 0 Å². The molecular formula is C15H17N3. The van der Waals surface area contributed by atoms with E-state index in [0.717, 1.165) is 25.0 Å². The predicted molar refractivity (Wildman–Crippen MR) is 72.3 cm³/mol. The summed E-state index contributed by atoms with van der Waals surface area (Å²) in [5.41, 5.74) is 10.7. The molecule has 2 aromatic rings. The number of aromatic nitrogens is 2. The fourth-order valence-corrected chi connectivity index (χ4v) is 2.63. The van der Waals surface area contributed by atoms with Crippen LogP contribution >= 0.6 is 0 Å². The van der Waals surface area contributed by atoms with Gasteiger partial charge in [0.1, 0.15) is 0 Å². The van der Waals surface area contributed by atoms with Gasteiger partial charge < -0.3 is 5.73 Å². The lowest BCUT2D eigenvalue weighted by molar-refractivity contribution is 0.655. The maximum absolute atomic E-state index is 5.81. The van der Waals surface area contributed by atoms with Crippen LogP contribution in [-0.2, 0) is 19.3 Å². The van der Waals surface area contributed by atoms with E-state index in [4.69, 9.17) is 5.73 Å². The second-order valence-corrected chi connectivity index (χ2v) is 4.82. The number of nitrogen functional groups attached to an aromatic ring is 1. The van der Waals surface area contributed by atoms with Crippen LogP contribution in [0.25, 0.3) is 0 Å². The van der Waals surface area contributed by atoms with Crippen molar-refractivity contribution < 1.29 is 0 Å². The van der Waals surface area contributed by atoms with E-state index in [1.807, 2.05) is 6.07 Å².